The predicted molar refractivity (Wildman–Crippen MR) is 159 cm³/mol. The molecule has 0 radical (unpaired) electrons. The third-order valence-corrected chi connectivity index (χ3v) is 8.65. The molecule has 2 aliphatic heterocycles. The first-order valence-corrected chi connectivity index (χ1v) is 14.7. The number of fused-ring (bicyclic) bond motifs is 1. The summed E-state index contributed by atoms with van der Waals surface area (Å²) in [5.74, 6) is -0.147. The van der Waals surface area contributed by atoms with Gasteiger partial charge in [-0.15, -0.1) is 0 Å². The lowest BCUT2D eigenvalue weighted by Gasteiger charge is -2.24. The van der Waals surface area contributed by atoms with Crippen LogP contribution < -0.4 is 9.47 Å². The third kappa shape index (κ3) is 6.39. The number of amidine groups is 1. The second-order valence-electron chi connectivity index (χ2n) is 10.5. The molecule has 0 bridgehead atoms. The number of hydrogen-bond donors (Lipinski definition) is 1. The number of carbonyl (C=O) groups is 1. The zero-order chi connectivity index (χ0) is 31.9. The maximum absolute atomic E-state index is 13.5. The Labute approximate surface area is 257 Å². The molecule has 1 unspecified atom stereocenters. The number of alkyl halides is 6. The summed E-state index contributed by atoms with van der Waals surface area (Å²) in [6.45, 7) is 0.101. The summed E-state index contributed by atoms with van der Waals surface area (Å²) >= 11 is 1.26. The number of benzene rings is 3. The number of aliphatic imine (C=N–C) groups is 1. The normalized spacial score (nSPS) is 18.2. The lowest BCUT2D eigenvalue weighted by Crippen LogP contribution is -2.27. The summed E-state index contributed by atoms with van der Waals surface area (Å²) < 4.78 is 90.6. The fraction of sp³-hybridized carbons (Fsp3) is 0.250. The van der Waals surface area contributed by atoms with Crippen LogP contribution >= 0.6 is 11.8 Å². The average Bonchev–Trinajstić information content (AvgIpc) is 3.73. The number of amides is 1. The molecule has 234 valence electrons. The number of likely N-dealkylation sites (tertiary alicyclic amines) is 1. The first-order valence-electron chi connectivity index (χ1n) is 13.9. The van der Waals surface area contributed by atoms with Gasteiger partial charge in [0.05, 0.1) is 29.2 Å². The Hall–Kier alpha value is -4.39. The van der Waals surface area contributed by atoms with E-state index in [-0.39, 0.29) is 23.6 Å². The van der Waals surface area contributed by atoms with Gasteiger partial charge in [0.15, 0.2) is 16.7 Å². The summed E-state index contributed by atoms with van der Waals surface area (Å²) in [6.07, 6.45) is -6.44. The number of nitrogens with zero attached hydrogens (tertiary/aromatic N) is 2. The molecule has 6 nitrogen and oxygen atoms in total. The van der Waals surface area contributed by atoms with E-state index in [4.69, 9.17) is 9.47 Å². The van der Waals surface area contributed by atoms with E-state index < -0.39 is 41.6 Å². The Morgan fingerprint density at radius 3 is 2.53 bits per heavy atom. The van der Waals surface area contributed by atoms with Crippen molar-refractivity contribution in [2.45, 2.75) is 37.8 Å². The van der Waals surface area contributed by atoms with Crippen molar-refractivity contribution in [2.75, 3.05) is 13.7 Å². The molecule has 3 heterocycles. The molecule has 6 rings (SSSR count). The van der Waals surface area contributed by atoms with Gasteiger partial charge in [0.1, 0.15) is 6.61 Å². The van der Waals surface area contributed by atoms with E-state index in [1.165, 1.54) is 24.9 Å². The van der Waals surface area contributed by atoms with Gasteiger partial charge >= 0.3 is 12.4 Å². The minimum Gasteiger partial charge on any atom is -0.493 e. The van der Waals surface area contributed by atoms with Crippen LogP contribution in [0.4, 0.5) is 26.3 Å². The smallest absolute Gasteiger partial charge is 0.416 e. The highest BCUT2D eigenvalue weighted by atomic mass is 32.2. The number of hydrogen-bond acceptors (Lipinski definition) is 5. The van der Waals surface area contributed by atoms with E-state index in [1.807, 2.05) is 24.3 Å². The predicted octanol–water partition coefficient (Wildman–Crippen LogP) is 8.60. The molecule has 1 saturated heterocycles. The lowest BCUT2D eigenvalue weighted by molar-refractivity contribution is -0.143. The molecule has 1 atom stereocenters. The van der Waals surface area contributed by atoms with Crippen molar-refractivity contribution in [1.29, 1.82) is 0 Å². The number of aromatic nitrogens is 1. The van der Waals surface area contributed by atoms with Crippen LogP contribution in [-0.2, 0) is 23.8 Å². The van der Waals surface area contributed by atoms with E-state index in [9.17, 15) is 31.1 Å². The summed E-state index contributed by atoms with van der Waals surface area (Å²) in [5.41, 5.74) is -0.646. The van der Waals surface area contributed by atoms with Gasteiger partial charge in [-0.2, -0.15) is 31.3 Å². The average molecular weight is 646 g/mol. The SMILES string of the molecule is COc1cc(/C=C2\SC(N3CCCC3c3cc4ccccc4[nH]3)=NC2=O)ccc1OCc1ccc(C(F)(F)F)cc1C(F)(F)F. The van der Waals surface area contributed by atoms with E-state index in [0.29, 0.717) is 21.7 Å². The molecule has 4 aromatic rings. The Morgan fingerprint density at radius 2 is 1.80 bits per heavy atom. The monoisotopic (exact) mass is 645 g/mol. The standard InChI is InChI=1S/C32H25F6N3O3S/c1-43-27-13-18(8-11-26(27)44-17-20-9-10-21(31(33,34)35)16-22(20)32(36,37)38)14-28-29(42)40-30(45-28)41-12-4-7-25(41)24-15-19-5-2-3-6-23(19)39-24/h2-3,5-6,8-11,13-16,25,39H,4,7,12,17H2,1H3/b28-14-. The fourth-order valence-corrected chi connectivity index (χ4v) is 6.45. The van der Waals surface area contributed by atoms with Gasteiger partial charge < -0.3 is 19.4 Å². The Balaban J connectivity index is 1.17. The molecule has 0 spiro atoms. The molecule has 1 fully saturated rings. The van der Waals surface area contributed by atoms with Gasteiger partial charge in [0.2, 0.25) is 0 Å². The van der Waals surface area contributed by atoms with Crippen molar-refractivity contribution in [3.05, 3.63) is 99.6 Å². The maximum atomic E-state index is 13.5. The van der Waals surface area contributed by atoms with Crippen LogP contribution in [0.5, 0.6) is 11.5 Å². The lowest BCUT2D eigenvalue weighted by atomic mass is 10.0. The molecule has 2 aliphatic rings. The topological polar surface area (TPSA) is 66.9 Å². The van der Waals surface area contributed by atoms with Crippen LogP contribution in [0.1, 0.15) is 46.8 Å². The van der Waals surface area contributed by atoms with E-state index in [0.717, 1.165) is 42.0 Å². The number of thioether (sulfide) groups is 1. The summed E-state index contributed by atoms with van der Waals surface area (Å²) in [7, 11) is 1.34. The van der Waals surface area contributed by atoms with Crippen LogP contribution in [0.15, 0.2) is 76.6 Å². The third-order valence-electron chi connectivity index (χ3n) is 7.63. The summed E-state index contributed by atoms with van der Waals surface area (Å²) in [5, 5.41) is 1.72. The first-order chi connectivity index (χ1) is 21.4. The summed E-state index contributed by atoms with van der Waals surface area (Å²) in [6, 6.07) is 16.2. The van der Waals surface area contributed by atoms with Crippen LogP contribution in [0, 0.1) is 0 Å². The Bertz CT molecular complexity index is 1800. The molecule has 0 aliphatic carbocycles. The van der Waals surface area contributed by atoms with Crippen molar-refractivity contribution in [1.82, 2.24) is 9.88 Å². The number of ether oxygens (including phenoxy) is 2. The van der Waals surface area contributed by atoms with Crippen molar-refractivity contribution in [3.8, 4) is 11.5 Å². The number of aromatic amines is 1. The second kappa shape index (κ2) is 11.8. The minimum absolute atomic E-state index is 0.0508. The van der Waals surface area contributed by atoms with Crippen LogP contribution in [0.2, 0.25) is 0 Å². The van der Waals surface area contributed by atoms with Crippen LogP contribution in [-0.4, -0.2) is 34.6 Å². The molecule has 45 heavy (non-hydrogen) atoms. The van der Waals surface area contributed by atoms with E-state index in [2.05, 4.69) is 20.9 Å². The van der Waals surface area contributed by atoms with Gasteiger partial charge in [-0.05, 0) is 78.0 Å². The largest absolute Gasteiger partial charge is 0.493 e. The molecule has 3 aromatic carbocycles. The highest BCUT2D eigenvalue weighted by Crippen LogP contribution is 2.41. The first kappa shape index (κ1) is 30.6. The molecule has 1 amide bonds. The van der Waals surface area contributed by atoms with Gasteiger partial charge in [0, 0.05) is 23.3 Å². The van der Waals surface area contributed by atoms with Gasteiger partial charge in [-0.3, -0.25) is 4.79 Å². The molecule has 0 saturated carbocycles. The molecular formula is C32H25F6N3O3S. The van der Waals surface area contributed by atoms with Crippen LogP contribution in [0.25, 0.3) is 17.0 Å². The van der Waals surface area contributed by atoms with Gasteiger partial charge in [-0.25, -0.2) is 0 Å². The van der Waals surface area contributed by atoms with Crippen molar-refractivity contribution in [3.63, 3.8) is 0 Å². The number of methoxy groups -OCH3 is 1. The zero-order valence-electron chi connectivity index (χ0n) is 23.6. The highest BCUT2D eigenvalue weighted by molar-refractivity contribution is 8.18. The molecular weight excluding hydrogens is 620 g/mol. The molecule has 13 heteroatoms. The number of H-pyrrole nitrogens is 1. The van der Waals surface area contributed by atoms with E-state index >= 15 is 0 Å². The zero-order valence-corrected chi connectivity index (χ0v) is 24.4. The summed E-state index contributed by atoms with van der Waals surface area (Å²) in [4.78, 5) is 23.2. The van der Waals surface area contributed by atoms with E-state index in [1.54, 1.807) is 18.2 Å². The maximum Gasteiger partial charge on any atom is 0.416 e. The van der Waals surface area contributed by atoms with Crippen LogP contribution in [0.3, 0.4) is 0 Å². The van der Waals surface area contributed by atoms with Gasteiger partial charge in [-0.1, -0.05) is 30.3 Å². The molecule has 1 aromatic heterocycles. The number of halogens is 6. The van der Waals surface area contributed by atoms with Crippen molar-refractivity contribution in [2.24, 2.45) is 4.99 Å². The fourth-order valence-electron chi connectivity index (χ4n) is 5.46. The van der Waals surface area contributed by atoms with Gasteiger partial charge in [0.25, 0.3) is 5.91 Å². The molecule has 1 N–H and O–H groups in total. The number of carbonyl (C=O) groups excluding carboxylic acids is 1. The number of nitrogens with one attached hydrogen (secondary N) is 1. The highest BCUT2D eigenvalue weighted by Gasteiger charge is 2.38. The Morgan fingerprint density at radius 1 is 1.00 bits per heavy atom. The van der Waals surface area contributed by atoms with Crippen molar-refractivity contribution >= 4 is 39.8 Å². The second-order valence-corrected chi connectivity index (χ2v) is 11.5. The quantitative estimate of drug-likeness (QED) is 0.168. The number of para-hydroxylation sites is 1. The van der Waals surface area contributed by atoms with Crippen molar-refractivity contribution < 1.29 is 40.6 Å². The minimum atomic E-state index is -5.02. The number of rotatable bonds is 6. The Kier molecular flexibility index (Phi) is 8.06.